The van der Waals surface area contributed by atoms with Crippen LogP contribution in [0.3, 0.4) is 0 Å². The zero-order valence-corrected chi connectivity index (χ0v) is 18.8. The minimum Gasteiger partial charge on any atom is -0.338 e. The first-order valence-electron chi connectivity index (χ1n) is 11.1. The number of aromatic nitrogens is 2. The van der Waals surface area contributed by atoms with Gasteiger partial charge in [0.25, 0.3) is 5.91 Å². The molecule has 33 heavy (non-hydrogen) atoms. The summed E-state index contributed by atoms with van der Waals surface area (Å²) in [6, 6.07) is 14.5. The Balaban J connectivity index is 1.15. The molecule has 0 atom stereocenters. The van der Waals surface area contributed by atoms with Crippen molar-refractivity contribution in [3.8, 4) is 11.4 Å². The van der Waals surface area contributed by atoms with E-state index in [1.54, 1.807) is 30.3 Å². The Bertz CT molecular complexity index is 1150. The summed E-state index contributed by atoms with van der Waals surface area (Å²) < 4.78 is 5.41. The summed E-state index contributed by atoms with van der Waals surface area (Å²) in [5, 5.41) is 7.62. The monoisotopic (exact) mass is 465 g/mol. The van der Waals surface area contributed by atoms with E-state index in [9.17, 15) is 9.59 Å². The highest BCUT2D eigenvalue weighted by atomic mass is 35.5. The third kappa shape index (κ3) is 5.23. The van der Waals surface area contributed by atoms with Crippen molar-refractivity contribution >= 4 is 29.1 Å². The standard InChI is InChI=1S/C24H24ClN5O3/c25-19-8-6-16(7-9-19)22-27-21(33-28-22)15-29-10-12-30(13-11-29)24(32)18-2-1-3-20(14-18)26-23(31)17-4-5-17/h1-3,6-9,14,17H,4-5,10-13,15H2,(H,26,31). The molecule has 1 aromatic heterocycles. The third-order valence-corrected chi connectivity index (χ3v) is 6.17. The lowest BCUT2D eigenvalue weighted by Gasteiger charge is -2.34. The van der Waals surface area contributed by atoms with E-state index in [0.717, 1.165) is 18.4 Å². The number of carbonyl (C=O) groups excluding carboxylic acids is 2. The fraction of sp³-hybridized carbons (Fsp3) is 0.333. The number of amides is 2. The predicted octanol–water partition coefficient (Wildman–Crippen LogP) is 3.70. The van der Waals surface area contributed by atoms with Gasteiger partial charge in [0, 0.05) is 53.9 Å². The number of nitrogens with zero attached hydrogens (tertiary/aromatic N) is 4. The van der Waals surface area contributed by atoms with Gasteiger partial charge in [0.2, 0.25) is 17.6 Å². The van der Waals surface area contributed by atoms with Crippen LogP contribution in [-0.2, 0) is 11.3 Å². The van der Waals surface area contributed by atoms with Gasteiger partial charge >= 0.3 is 0 Å². The molecule has 1 N–H and O–H groups in total. The van der Waals surface area contributed by atoms with Gasteiger partial charge in [0.05, 0.1) is 6.54 Å². The number of rotatable bonds is 6. The number of hydrogen-bond acceptors (Lipinski definition) is 6. The third-order valence-electron chi connectivity index (χ3n) is 5.91. The van der Waals surface area contributed by atoms with Crippen LogP contribution in [0.4, 0.5) is 5.69 Å². The first kappa shape index (κ1) is 21.6. The van der Waals surface area contributed by atoms with E-state index in [4.69, 9.17) is 16.1 Å². The maximum atomic E-state index is 13.0. The second-order valence-corrected chi connectivity index (χ2v) is 8.87. The Morgan fingerprint density at radius 1 is 1.06 bits per heavy atom. The van der Waals surface area contributed by atoms with E-state index in [1.807, 2.05) is 23.1 Å². The van der Waals surface area contributed by atoms with Gasteiger partial charge in [-0.15, -0.1) is 0 Å². The molecule has 2 aromatic carbocycles. The summed E-state index contributed by atoms with van der Waals surface area (Å²) >= 11 is 5.93. The molecule has 2 heterocycles. The largest absolute Gasteiger partial charge is 0.338 e. The van der Waals surface area contributed by atoms with Crippen LogP contribution < -0.4 is 5.32 Å². The number of halogens is 1. The molecule has 0 unspecified atom stereocenters. The molecular formula is C24H24ClN5O3. The second-order valence-electron chi connectivity index (χ2n) is 8.43. The van der Waals surface area contributed by atoms with Gasteiger partial charge in [0.15, 0.2) is 0 Å². The van der Waals surface area contributed by atoms with Crippen molar-refractivity contribution in [3.05, 3.63) is 65.0 Å². The van der Waals surface area contributed by atoms with Crippen LogP contribution >= 0.6 is 11.6 Å². The number of benzene rings is 2. The van der Waals surface area contributed by atoms with Crippen molar-refractivity contribution in [2.24, 2.45) is 5.92 Å². The number of carbonyl (C=O) groups is 2. The van der Waals surface area contributed by atoms with Gasteiger partial charge in [-0.1, -0.05) is 22.8 Å². The molecule has 1 saturated carbocycles. The van der Waals surface area contributed by atoms with E-state index < -0.39 is 0 Å². The van der Waals surface area contributed by atoms with Crippen LogP contribution in [0.1, 0.15) is 29.1 Å². The zero-order chi connectivity index (χ0) is 22.8. The van der Waals surface area contributed by atoms with Gasteiger partial charge in [-0.2, -0.15) is 4.98 Å². The average molecular weight is 466 g/mol. The summed E-state index contributed by atoms with van der Waals surface area (Å²) in [6.45, 7) is 3.17. The van der Waals surface area contributed by atoms with Gasteiger partial charge in [-0.25, -0.2) is 0 Å². The van der Waals surface area contributed by atoms with E-state index in [0.29, 0.717) is 60.7 Å². The molecule has 1 aliphatic carbocycles. The van der Waals surface area contributed by atoms with Crippen LogP contribution in [0, 0.1) is 5.92 Å². The molecule has 2 amide bonds. The van der Waals surface area contributed by atoms with Crippen molar-refractivity contribution in [2.45, 2.75) is 19.4 Å². The minimum absolute atomic E-state index is 0.0278. The molecule has 1 saturated heterocycles. The van der Waals surface area contributed by atoms with Crippen LogP contribution in [-0.4, -0.2) is 57.9 Å². The molecule has 9 heteroatoms. The highest BCUT2D eigenvalue weighted by Crippen LogP contribution is 2.30. The molecule has 0 radical (unpaired) electrons. The molecule has 2 fully saturated rings. The molecule has 0 spiro atoms. The lowest BCUT2D eigenvalue weighted by molar-refractivity contribution is -0.117. The number of anilines is 1. The Morgan fingerprint density at radius 3 is 2.55 bits per heavy atom. The summed E-state index contributed by atoms with van der Waals surface area (Å²) in [7, 11) is 0. The molecule has 170 valence electrons. The first-order valence-corrected chi connectivity index (χ1v) is 11.4. The SMILES string of the molecule is O=C(Nc1cccc(C(=O)N2CCN(Cc3nc(-c4ccc(Cl)cc4)no3)CC2)c1)C1CC1. The Morgan fingerprint density at radius 2 is 1.82 bits per heavy atom. The molecule has 1 aliphatic heterocycles. The summed E-state index contributed by atoms with van der Waals surface area (Å²) in [4.78, 5) is 33.5. The van der Waals surface area contributed by atoms with Crippen LogP contribution in [0.5, 0.6) is 0 Å². The average Bonchev–Trinajstić information content (AvgIpc) is 3.59. The number of nitrogens with one attached hydrogen (secondary N) is 1. The van der Waals surface area contributed by atoms with Crippen molar-refractivity contribution in [1.29, 1.82) is 0 Å². The maximum absolute atomic E-state index is 13.0. The highest BCUT2D eigenvalue weighted by Gasteiger charge is 2.30. The molecule has 3 aromatic rings. The summed E-state index contributed by atoms with van der Waals surface area (Å²) in [6.07, 6.45) is 1.89. The number of hydrogen-bond donors (Lipinski definition) is 1. The van der Waals surface area contributed by atoms with Gasteiger partial charge in [0.1, 0.15) is 0 Å². The van der Waals surface area contributed by atoms with Crippen LogP contribution in [0.25, 0.3) is 11.4 Å². The Hall–Kier alpha value is -3.23. The quantitative estimate of drug-likeness (QED) is 0.597. The predicted molar refractivity (Wildman–Crippen MR) is 124 cm³/mol. The lowest BCUT2D eigenvalue weighted by atomic mass is 10.1. The smallest absolute Gasteiger partial charge is 0.254 e. The van der Waals surface area contributed by atoms with E-state index in [-0.39, 0.29) is 17.7 Å². The van der Waals surface area contributed by atoms with E-state index >= 15 is 0 Å². The normalized spacial score (nSPS) is 16.6. The van der Waals surface area contributed by atoms with E-state index in [2.05, 4.69) is 20.4 Å². The second kappa shape index (κ2) is 9.33. The minimum atomic E-state index is -0.0278. The maximum Gasteiger partial charge on any atom is 0.254 e. The van der Waals surface area contributed by atoms with Gasteiger partial charge < -0.3 is 14.7 Å². The van der Waals surface area contributed by atoms with Crippen molar-refractivity contribution in [2.75, 3.05) is 31.5 Å². The fourth-order valence-electron chi connectivity index (χ4n) is 3.84. The molecule has 8 nitrogen and oxygen atoms in total. The van der Waals surface area contributed by atoms with Crippen LogP contribution in [0.15, 0.2) is 53.1 Å². The van der Waals surface area contributed by atoms with E-state index in [1.165, 1.54) is 0 Å². The molecule has 0 bridgehead atoms. The Labute approximate surface area is 196 Å². The molecule has 5 rings (SSSR count). The highest BCUT2D eigenvalue weighted by molar-refractivity contribution is 6.30. The number of piperazine rings is 1. The summed E-state index contributed by atoms with van der Waals surface area (Å²) in [5.41, 5.74) is 2.10. The topological polar surface area (TPSA) is 91.6 Å². The van der Waals surface area contributed by atoms with Gasteiger partial charge in [-0.05, 0) is 55.3 Å². The fourth-order valence-corrected chi connectivity index (χ4v) is 3.96. The molecular weight excluding hydrogens is 442 g/mol. The van der Waals surface area contributed by atoms with Crippen molar-refractivity contribution in [3.63, 3.8) is 0 Å². The lowest BCUT2D eigenvalue weighted by Crippen LogP contribution is -2.48. The van der Waals surface area contributed by atoms with Crippen LogP contribution in [0.2, 0.25) is 5.02 Å². The summed E-state index contributed by atoms with van der Waals surface area (Å²) in [5.74, 6) is 1.20. The van der Waals surface area contributed by atoms with Crippen molar-refractivity contribution in [1.82, 2.24) is 19.9 Å². The Kier molecular flexibility index (Phi) is 6.11. The molecule has 2 aliphatic rings. The zero-order valence-electron chi connectivity index (χ0n) is 18.0. The van der Waals surface area contributed by atoms with Gasteiger partial charge in [-0.3, -0.25) is 14.5 Å². The first-order chi connectivity index (χ1) is 16.0. The van der Waals surface area contributed by atoms with Crippen molar-refractivity contribution < 1.29 is 14.1 Å².